The van der Waals surface area contributed by atoms with Gasteiger partial charge in [-0.15, -0.1) is 5.10 Å². The van der Waals surface area contributed by atoms with Crippen molar-refractivity contribution in [3.8, 4) is 5.75 Å². The molecule has 4 aromatic rings. The first-order valence-corrected chi connectivity index (χ1v) is 14.3. The van der Waals surface area contributed by atoms with E-state index in [1.807, 2.05) is 11.0 Å². The van der Waals surface area contributed by atoms with Gasteiger partial charge in [0.1, 0.15) is 11.5 Å². The van der Waals surface area contributed by atoms with Crippen LogP contribution in [0.25, 0.3) is 16.5 Å². The summed E-state index contributed by atoms with van der Waals surface area (Å²) in [5, 5.41) is 8.34. The van der Waals surface area contributed by atoms with Crippen LogP contribution in [0.1, 0.15) is 28.9 Å². The predicted molar refractivity (Wildman–Crippen MR) is 156 cm³/mol. The third kappa shape index (κ3) is 5.76. The molecule has 11 nitrogen and oxygen atoms in total. The molecule has 0 saturated carbocycles. The second-order valence-corrected chi connectivity index (χ2v) is 10.8. The van der Waals surface area contributed by atoms with Crippen molar-refractivity contribution in [2.24, 2.45) is 0 Å². The topological polar surface area (TPSA) is 112 Å². The Hall–Kier alpha value is -4.52. The minimum absolute atomic E-state index is 0.0600. The van der Waals surface area contributed by atoms with Crippen LogP contribution in [-0.4, -0.2) is 93.0 Å². The first-order chi connectivity index (χ1) is 20.8. The number of amides is 2. The van der Waals surface area contributed by atoms with Crippen LogP contribution in [0.4, 0.5) is 14.6 Å². The fraction of sp³-hybridized carbons (Fsp3) is 0.345. The molecule has 1 aromatic carbocycles. The fourth-order valence-corrected chi connectivity index (χ4v) is 5.79. The van der Waals surface area contributed by atoms with Crippen molar-refractivity contribution >= 4 is 45.7 Å². The number of ether oxygens (including phenoxy) is 1. The lowest BCUT2D eigenvalue weighted by Crippen LogP contribution is -2.49. The number of hydrogen-bond donors (Lipinski definition) is 1. The van der Waals surface area contributed by atoms with Crippen molar-refractivity contribution in [3.63, 3.8) is 0 Å². The number of anilines is 1. The van der Waals surface area contributed by atoms with Gasteiger partial charge in [-0.05, 0) is 24.1 Å². The molecule has 14 heteroatoms. The van der Waals surface area contributed by atoms with Gasteiger partial charge in [-0.25, -0.2) is 13.8 Å². The first kappa shape index (κ1) is 28.6. The molecule has 43 heavy (non-hydrogen) atoms. The van der Waals surface area contributed by atoms with E-state index in [1.165, 1.54) is 13.2 Å². The largest absolute Gasteiger partial charge is 0.493 e. The maximum atomic E-state index is 15.9. The normalized spacial score (nSPS) is 15.6. The maximum absolute atomic E-state index is 15.9. The monoisotopic (exact) mass is 610 g/mol. The molecule has 5 heterocycles. The zero-order valence-electron chi connectivity index (χ0n) is 23.4. The quantitative estimate of drug-likeness (QED) is 0.339. The smallest absolute Gasteiger partial charge is 0.270 e. The Labute approximate surface area is 250 Å². The van der Waals surface area contributed by atoms with Gasteiger partial charge in [-0.3, -0.25) is 14.3 Å². The van der Waals surface area contributed by atoms with Gasteiger partial charge in [-0.1, -0.05) is 22.9 Å². The molecule has 2 aliphatic rings. The highest BCUT2D eigenvalue weighted by molar-refractivity contribution is 6.36. The Morgan fingerprint density at radius 2 is 1.91 bits per heavy atom. The number of aromatic nitrogens is 5. The number of piperazine rings is 1. The van der Waals surface area contributed by atoms with E-state index in [0.717, 1.165) is 6.20 Å². The van der Waals surface area contributed by atoms with Crippen LogP contribution in [0.2, 0.25) is 5.02 Å². The zero-order chi connectivity index (χ0) is 30.1. The van der Waals surface area contributed by atoms with E-state index in [2.05, 4.69) is 20.3 Å². The molecule has 0 spiro atoms. The van der Waals surface area contributed by atoms with Crippen molar-refractivity contribution in [2.45, 2.75) is 19.4 Å². The van der Waals surface area contributed by atoms with Crippen LogP contribution in [0.5, 0.6) is 5.75 Å². The molecule has 1 saturated heterocycles. The van der Waals surface area contributed by atoms with Gasteiger partial charge in [0, 0.05) is 68.9 Å². The van der Waals surface area contributed by atoms with Crippen LogP contribution >= 0.6 is 11.6 Å². The Kier molecular flexibility index (Phi) is 7.98. The van der Waals surface area contributed by atoms with Crippen molar-refractivity contribution in [3.05, 3.63) is 70.8 Å². The summed E-state index contributed by atoms with van der Waals surface area (Å²) in [7, 11) is 1.45. The van der Waals surface area contributed by atoms with Crippen molar-refractivity contribution in [1.82, 2.24) is 34.8 Å². The number of methoxy groups -OCH3 is 1. The summed E-state index contributed by atoms with van der Waals surface area (Å²) in [4.78, 5) is 38.7. The van der Waals surface area contributed by atoms with Gasteiger partial charge in [-0.2, -0.15) is 0 Å². The average Bonchev–Trinajstić information content (AvgIpc) is 3.73. The standard InChI is InChI=1S/C29H29ClF2N8O3/c1-43-24-13-19(31)16-33-28(24)37-9-11-38(12-10-37)29(42)23-15-21-22(30)14-20(26(32)27(21)35-23)18-3-2-6-39(17-18)25(41)4-7-40-8-5-34-36-40/h3,5,8,13-16,35H,2,4,6-7,9-12,17H2,1H3. The molecule has 0 bridgehead atoms. The van der Waals surface area contributed by atoms with Crippen LogP contribution in [0.15, 0.2) is 42.9 Å². The minimum atomic E-state index is -0.527. The number of aromatic amines is 1. The summed E-state index contributed by atoms with van der Waals surface area (Å²) < 4.78 is 36.4. The van der Waals surface area contributed by atoms with E-state index in [9.17, 15) is 14.0 Å². The Morgan fingerprint density at radius 1 is 1.09 bits per heavy atom. The molecular formula is C29H29ClF2N8O3. The van der Waals surface area contributed by atoms with Crippen LogP contribution in [0, 0.1) is 11.6 Å². The second kappa shape index (κ2) is 12.0. The number of nitrogens with one attached hydrogen (secondary N) is 1. The number of carbonyl (C=O) groups excluding carboxylic acids is 2. The highest BCUT2D eigenvalue weighted by Gasteiger charge is 2.28. The van der Waals surface area contributed by atoms with E-state index in [4.69, 9.17) is 16.3 Å². The predicted octanol–water partition coefficient (Wildman–Crippen LogP) is 3.76. The highest BCUT2D eigenvalue weighted by Crippen LogP contribution is 2.34. The Balaban J connectivity index is 1.16. The van der Waals surface area contributed by atoms with Crippen molar-refractivity contribution in [2.75, 3.05) is 51.3 Å². The van der Waals surface area contributed by atoms with E-state index in [0.29, 0.717) is 78.8 Å². The number of aryl methyl sites for hydroxylation is 1. The molecule has 1 fully saturated rings. The molecule has 2 amide bonds. The van der Waals surface area contributed by atoms with Gasteiger partial charge in [0.05, 0.1) is 36.6 Å². The average molecular weight is 611 g/mol. The van der Waals surface area contributed by atoms with Gasteiger partial charge in [0.15, 0.2) is 17.4 Å². The number of fused-ring (bicyclic) bond motifs is 1. The van der Waals surface area contributed by atoms with Crippen molar-refractivity contribution < 1.29 is 23.1 Å². The third-order valence-electron chi connectivity index (χ3n) is 7.79. The minimum Gasteiger partial charge on any atom is -0.493 e. The number of H-pyrrole nitrogens is 1. The highest BCUT2D eigenvalue weighted by atomic mass is 35.5. The number of hydrogen-bond acceptors (Lipinski definition) is 7. The Bertz CT molecular complexity index is 1700. The van der Waals surface area contributed by atoms with E-state index >= 15 is 4.39 Å². The summed E-state index contributed by atoms with van der Waals surface area (Å²) in [5.74, 6) is -0.532. The number of halogens is 3. The number of benzene rings is 1. The van der Waals surface area contributed by atoms with Gasteiger partial charge >= 0.3 is 0 Å². The summed E-state index contributed by atoms with van der Waals surface area (Å²) in [5.41, 5.74) is 1.31. The van der Waals surface area contributed by atoms with Gasteiger partial charge in [0.25, 0.3) is 5.91 Å². The SMILES string of the molecule is COc1cc(F)cnc1N1CCN(C(=O)c2cc3c(Cl)cc(C4=CCCN(C(=O)CCn5ccnn5)C4)c(F)c3[nH]2)CC1. The number of carbonyl (C=O) groups is 2. The molecule has 3 aromatic heterocycles. The fourth-order valence-electron chi connectivity index (χ4n) is 5.53. The van der Waals surface area contributed by atoms with Gasteiger partial charge < -0.3 is 24.4 Å². The molecule has 0 unspecified atom stereocenters. The van der Waals surface area contributed by atoms with Gasteiger partial charge in [0.2, 0.25) is 5.91 Å². The lowest BCUT2D eigenvalue weighted by Gasteiger charge is -2.35. The third-order valence-corrected chi connectivity index (χ3v) is 8.11. The molecule has 224 valence electrons. The van der Waals surface area contributed by atoms with Crippen molar-refractivity contribution in [1.29, 1.82) is 0 Å². The second-order valence-electron chi connectivity index (χ2n) is 10.4. The Morgan fingerprint density at radius 3 is 2.65 bits per heavy atom. The van der Waals surface area contributed by atoms with E-state index in [1.54, 1.807) is 39.0 Å². The number of nitrogens with zero attached hydrogens (tertiary/aromatic N) is 7. The lowest BCUT2D eigenvalue weighted by molar-refractivity contribution is -0.131. The summed E-state index contributed by atoms with van der Waals surface area (Å²) in [6, 6.07) is 4.40. The van der Waals surface area contributed by atoms with Crippen LogP contribution in [0.3, 0.4) is 0 Å². The molecule has 0 aliphatic carbocycles. The van der Waals surface area contributed by atoms with Crippen LogP contribution < -0.4 is 9.64 Å². The number of pyridine rings is 1. The zero-order valence-corrected chi connectivity index (χ0v) is 24.2. The maximum Gasteiger partial charge on any atom is 0.270 e. The number of rotatable bonds is 7. The lowest BCUT2D eigenvalue weighted by atomic mass is 9.99. The van der Waals surface area contributed by atoms with E-state index in [-0.39, 0.29) is 36.0 Å². The molecule has 0 atom stereocenters. The summed E-state index contributed by atoms with van der Waals surface area (Å²) in [6.07, 6.45) is 7.13. The molecule has 0 radical (unpaired) electrons. The molecule has 2 aliphatic heterocycles. The van der Waals surface area contributed by atoms with Crippen LogP contribution in [-0.2, 0) is 11.3 Å². The molecule has 1 N–H and O–H groups in total. The first-order valence-electron chi connectivity index (χ1n) is 13.9. The summed E-state index contributed by atoms with van der Waals surface area (Å²) in [6.45, 7) is 2.88. The summed E-state index contributed by atoms with van der Waals surface area (Å²) >= 11 is 6.60. The van der Waals surface area contributed by atoms with E-state index < -0.39 is 11.6 Å². The molecule has 6 rings (SSSR count). The molecular weight excluding hydrogens is 582 g/mol.